The molecule has 1 aromatic heterocycles. The summed E-state index contributed by atoms with van der Waals surface area (Å²) in [4.78, 5) is 27.2. The molecule has 0 saturated carbocycles. The zero-order valence-corrected chi connectivity index (χ0v) is 19.1. The number of nitrogens with one attached hydrogen (secondary N) is 1. The number of ether oxygens (including phenoxy) is 1. The van der Waals surface area contributed by atoms with Gasteiger partial charge in [-0.2, -0.15) is 0 Å². The van der Waals surface area contributed by atoms with Gasteiger partial charge in [0.15, 0.2) is 0 Å². The van der Waals surface area contributed by atoms with Gasteiger partial charge < -0.3 is 4.74 Å². The average molecular weight is 429 g/mol. The van der Waals surface area contributed by atoms with Crippen LogP contribution in [0.1, 0.15) is 44.5 Å². The van der Waals surface area contributed by atoms with E-state index in [0.717, 1.165) is 41.6 Å². The Hall–Kier alpha value is -2.60. The number of hydrogen-bond donors (Lipinski definition) is 1. The predicted molar refractivity (Wildman–Crippen MR) is 125 cm³/mol. The Morgan fingerprint density at radius 2 is 1.77 bits per heavy atom. The number of benzene rings is 1. The fourth-order valence-electron chi connectivity index (χ4n) is 2.55. The Bertz CT molecular complexity index is 789. The molecule has 1 atom stereocenters. The van der Waals surface area contributed by atoms with E-state index < -0.39 is 0 Å². The second kappa shape index (κ2) is 14.4. The molecule has 1 aliphatic heterocycles. The molecule has 0 aliphatic carbocycles. The monoisotopic (exact) mass is 428 g/mol. The lowest BCUT2D eigenvalue weighted by Crippen LogP contribution is -2.25. The first-order valence-electron chi connectivity index (χ1n) is 10.3. The van der Waals surface area contributed by atoms with Crippen LogP contribution in [0.2, 0.25) is 0 Å². The van der Waals surface area contributed by atoms with Gasteiger partial charge in [0.05, 0.1) is 11.9 Å². The second-order valence-corrected chi connectivity index (χ2v) is 7.42. The topological polar surface area (TPSA) is 68.3 Å². The maximum absolute atomic E-state index is 11.6. The van der Waals surface area contributed by atoms with Crippen molar-refractivity contribution in [3.05, 3.63) is 72.1 Å². The van der Waals surface area contributed by atoms with E-state index in [-0.39, 0.29) is 16.4 Å². The van der Waals surface area contributed by atoms with Crippen molar-refractivity contribution in [3.63, 3.8) is 0 Å². The number of hydrogen-bond acceptors (Lipinski definition) is 5. The molecule has 1 aromatic carbocycles. The van der Waals surface area contributed by atoms with Gasteiger partial charge >= 0.3 is 0 Å². The number of pyridine rings is 1. The van der Waals surface area contributed by atoms with Gasteiger partial charge in [0.1, 0.15) is 5.75 Å². The largest absolute Gasteiger partial charge is 0.493 e. The highest BCUT2D eigenvalue weighted by Crippen LogP contribution is 2.23. The molecule has 5 nitrogen and oxygen atoms in total. The number of nitrogens with zero attached hydrogens (tertiary/aromatic N) is 1. The van der Waals surface area contributed by atoms with Gasteiger partial charge in [0.25, 0.3) is 5.24 Å². The summed E-state index contributed by atoms with van der Waals surface area (Å²) < 4.78 is 5.75. The van der Waals surface area contributed by atoms with Crippen LogP contribution in [0.4, 0.5) is 4.79 Å². The molecule has 0 spiro atoms. The molecule has 3 rings (SSSR count). The molecule has 1 unspecified atom stereocenters. The number of carbonyl (C=O) groups is 2. The van der Waals surface area contributed by atoms with Crippen LogP contribution >= 0.6 is 11.8 Å². The van der Waals surface area contributed by atoms with Crippen molar-refractivity contribution in [2.24, 2.45) is 0 Å². The highest BCUT2D eigenvalue weighted by atomic mass is 32.2. The van der Waals surface area contributed by atoms with Crippen LogP contribution in [0.25, 0.3) is 0 Å². The van der Waals surface area contributed by atoms with Crippen molar-refractivity contribution < 1.29 is 14.3 Å². The van der Waals surface area contributed by atoms with Gasteiger partial charge in [-0.25, -0.2) is 0 Å². The fourth-order valence-corrected chi connectivity index (χ4v) is 3.41. The summed E-state index contributed by atoms with van der Waals surface area (Å²) in [6.45, 7) is 11.9. The summed E-state index contributed by atoms with van der Waals surface area (Å²) in [7, 11) is 0. The third kappa shape index (κ3) is 8.82. The van der Waals surface area contributed by atoms with Gasteiger partial charge in [0.2, 0.25) is 5.91 Å². The van der Waals surface area contributed by atoms with Crippen molar-refractivity contribution in [1.82, 2.24) is 10.3 Å². The smallest absolute Gasteiger partial charge is 0.286 e. The van der Waals surface area contributed by atoms with Crippen molar-refractivity contribution in [2.75, 3.05) is 6.61 Å². The second-order valence-electron chi connectivity index (χ2n) is 6.25. The van der Waals surface area contributed by atoms with Crippen LogP contribution in [0, 0.1) is 0 Å². The zero-order valence-electron chi connectivity index (χ0n) is 18.3. The molecular weight excluding hydrogens is 396 g/mol. The maximum atomic E-state index is 11.6. The summed E-state index contributed by atoms with van der Waals surface area (Å²) in [5.74, 6) is 0.574. The van der Waals surface area contributed by atoms with E-state index in [9.17, 15) is 9.59 Å². The molecule has 2 amide bonds. The van der Waals surface area contributed by atoms with Crippen molar-refractivity contribution in [2.45, 2.75) is 52.2 Å². The number of amides is 2. The van der Waals surface area contributed by atoms with Gasteiger partial charge in [-0.1, -0.05) is 56.8 Å². The Labute approximate surface area is 184 Å². The number of allylic oxidation sites excluding steroid dienone is 1. The summed E-state index contributed by atoms with van der Waals surface area (Å²) in [5, 5.41) is 1.70. The van der Waals surface area contributed by atoms with Gasteiger partial charge in [-0.15, -0.1) is 6.58 Å². The van der Waals surface area contributed by atoms with E-state index in [1.807, 2.05) is 57.3 Å². The lowest BCUT2D eigenvalue weighted by atomic mass is 10.1. The summed E-state index contributed by atoms with van der Waals surface area (Å²) in [5.41, 5.74) is 3.25. The molecule has 0 radical (unpaired) electrons. The van der Waals surface area contributed by atoms with Gasteiger partial charge in [-0.05, 0) is 49.1 Å². The van der Waals surface area contributed by atoms with Crippen LogP contribution in [0.5, 0.6) is 5.75 Å². The van der Waals surface area contributed by atoms with Crippen LogP contribution in [-0.2, 0) is 24.1 Å². The third-order valence-corrected chi connectivity index (χ3v) is 5.01. The lowest BCUT2D eigenvalue weighted by molar-refractivity contribution is -0.118. The van der Waals surface area contributed by atoms with Gasteiger partial charge in [-0.3, -0.25) is 19.9 Å². The first-order chi connectivity index (χ1) is 14.5. The van der Waals surface area contributed by atoms with Crippen molar-refractivity contribution in [1.29, 1.82) is 0 Å². The molecule has 1 N–H and O–H groups in total. The Morgan fingerprint density at radius 3 is 2.27 bits per heavy atom. The van der Waals surface area contributed by atoms with Gasteiger partial charge in [0, 0.05) is 18.3 Å². The molecule has 2 heterocycles. The summed E-state index contributed by atoms with van der Waals surface area (Å²) in [6, 6.07) is 11.8. The first kappa shape index (κ1) is 25.4. The number of imide groups is 1. The minimum Gasteiger partial charge on any atom is -0.493 e. The number of aromatic nitrogens is 1. The Balaban J connectivity index is 0.000000826. The maximum Gasteiger partial charge on any atom is 0.286 e. The number of carbonyl (C=O) groups excluding carboxylic acids is 2. The zero-order chi connectivity index (χ0) is 22.4. The third-order valence-electron chi connectivity index (χ3n) is 4.03. The average Bonchev–Trinajstić information content (AvgIpc) is 3.08. The highest BCUT2D eigenvalue weighted by molar-refractivity contribution is 8.15. The molecular formula is C24H32N2O3S. The molecule has 0 bridgehead atoms. The fraction of sp³-hybridized carbons (Fsp3) is 0.375. The first-order valence-corrected chi connectivity index (χ1v) is 11.2. The predicted octanol–water partition coefficient (Wildman–Crippen LogP) is 5.38. The Kier molecular flexibility index (Phi) is 12.2. The molecule has 1 fully saturated rings. The van der Waals surface area contributed by atoms with Crippen LogP contribution in [0.3, 0.4) is 0 Å². The Morgan fingerprint density at radius 1 is 1.13 bits per heavy atom. The van der Waals surface area contributed by atoms with E-state index in [2.05, 4.69) is 29.9 Å². The molecule has 2 aromatic rings. The molecule has 30 heavy (non-hydrogen) atoms. The van der Waals surface area contributed by atoms with Crippen molar-refractivity contribution >= 4 is 22.9 Å². The number of aryl methyl sites for hydroxylation is 1. The summed E-state index contributed by atoms with van der Waals surface area (Å²) in [6.07, 6.45) is 5.94. The van der Waals surface area contributed by atoms with E-state index in [1.165, 1.54) is 5.56 Å². The van der Waals surface area contributed by atoms with E-state index in [1.54, 1.807) is 6.08 Å². The molecule has 1 saturated heterocycles. The SMILES string of the molecule is C=CC.CC.CCc1ccc(CCOc2ccc(CC3SC(=O)NC3=O)cc2)nc1. The number of thioether (sulfide) groups is 1. The van der Waals surface area contributed by atoms with Crippen LogP contribution in [-0.4, -0.2) is 28.0 Å². The standard InChI is InChI=1S/C19H20N2O3S.C3H6.C2H6/c1-2-13-3-6-15(20-12-13)9-10-24-16-7-4-14(5-8-16)11-17-18(22)21-19(23)25-17;1-3-2;1-2/h3-8,12,17H,2,9-11H2,1H3,(H,21,22,23);3H,1H2,2H3;1-2H3. The normalized spacial score (nSPS) is 14.6. The molecule has 1 aliphatic rings. The van der Waals surface area contributed by atoms with Crippen LogP contribution < -0.4 is 10.1 Å². The van der Waals surface area contributed by atoms with Crippen molar-refractivity contribution in [3.8, 4) is 5.75 Å². The molecule has 162 valence electrons. The van der Waals surface area contributed by atoms with E-state index >= 15 is 0 Å². The highest BCUT2D eigenvalue weighted by Gasteiger charge is 2.31. The minimum atomic E-state index is -0.337. The van der Waals surface area contributed by atoms with Crippen LogP contribution in [0.15, 0.2) is 55.3 Å². The van der Waals surface area contributed by atoms with E-state index in [0.29, 0.717) is 13.0 Å². The minimum absolute atomic E-state index is 0.211. The quantitative estimate of drug-likeness (QED) is 0.600. The lowest BCUT2D eigenvalue weighted by Gasteiger charge is -2.09. The summed E-state index contributed by atoms with van der Waals surface area (Å²) >= 11 is 1.05. The number of rotatable bonds is 7. The van der Waals surface area contributed by atoms with E-state index in [4.69, 9.17) is 4.74 Å². The molecule has 6 heteroatoms.